The third-order valence-corrected chi connectivity index (χ3v) is 5.31. The number of nitro groups is 1. The van der Waals surface area contributed by atoms with E-state index in [9.17, 15) is 15.2 Å². The number of anilines is 1. The molecular formula is C20H33N5O3. The van der Waals surface area contributed by atoms with Gasteiger partial charge in [0.25, 0.3) is 5.69 Å². The van der Waals surface area contributed by atoms with Gasteiger partial charge in [0.15, 0.2) is 5.96 Å². The lowest BCUT2D eigenvalue weighted by Crippen LogP contribution is -2.41. The summed E-state index contributed by atoms with van der Waals surface area (Å²) in [5, 5.41) is 30.2. The number of nitro benzene ring substituents is 1. The van der Waals surface area contributed by atoms with Gasteiger partial charge >= 0.3 is 0 Å². The van der Waals surface area contributed by atoms with Crippen LogP contribution in [0.4, 0.5) is 11.4 Å². The molecule has 28 heavy (non-hydrogen) atoms. The van der Waals surface area contributed by atoms with Crippen molar-refractivity contribution in [3.63, 3.8) is 0 Å². The van der Waals surface area contributed by atoms with Gasteiger partial charge in [0.1, 0.15) is 5.69 Å². The molecule has 0 aliphatic heterocycles. The maximum absolute atomic E-state index is 11.1. The minimum atomic E-state index is -0.383. The molecule has 0 bridgehead atoms. The number of benzene rings is 1. The minimum absolute atomic E-state index is 0.0753. The summed E-state index contributed by atoms with van der Waals surface area (Å²) in [4.78, 5) is 15.5. The number of nitrogens with zero attached hydrogens (tertiary/aromatic N) is 2. The molecule has 0 atom stereocenters. The Balaban J connectivity index is 1.88. The predicted molar refractivity (Wildman–Crippen MR) is 113 cm³/mol. The number of hydrogen-bond acceptors (Lipinski definition) is 5. The third kappa shape index (κ3) is 6.67. The molecule has 0 radical (unpaired) electrons. The van der Waals surface area contributed by atoms with Gasteiger partial charge in [-0.2, -0.15) is 0 Å². The molecular weight excluding hydrogens is 358 g/mol. The zero-order valence-corrected chi connectivity index (χ0v) is 16.7. The molecule has 1 saturated carbocycles. The van der Waals surface area contributed by atoms with Gasteiger partial charge in [-0.1, -0.05) is 31.4 Å². The SMILES string of the molecule is CCNC(=NCC1(CCO)CCCCC1)NCCNc1ccccc1[N+](=O)[O-]. The van der Waals surface area contributed by atoms with Crippen molar-refractivity contribution >= 4 is 17.3 Å². The standard InChI is InChI=1S/C20H33N5O3/c1-2-21-19(24-16-20(12-15-26)10-6-3-7-11-20)23-14-13-22-17-8-4-5-9-18(17)25(27)28/h4-5,8-9,22,26H,2-3,6-7,10-16H2,1H3,(H2,21,23,24). The number of guanidine groups is 1. The third-order valence-electron chi connectivity index (χ3n) is 5.31. The van der Waals surface area contributed by atoms with Crippen LogP contribution in [0.15, 0.2) is 29.3 Å². The molecule has 1 fully saturated rings. The lowest BCUT2D eigenvalue weighted by Gasteiger charge is -2.35. The number of aliphatic hydroxyl groups excluding tert-OH is 1. The van der Waals surface area contributed by atoms with Gasteiger partial charge in [-0.05, 0) is 37.7 Å². The van der Waals surface area contributed by atoms with E-state index >= 15 is 0 Å². The summed E-state index contributed by atoms with van der Waals surface area (Å²) in [6, 6.07) is 6.63. The Labute approximate surface area is 167 Å². The van der Waals surface area contributed by atoms with Gasteiger partial charge in [-0.15, -0.1) is 0 Å². The second-order valence-corrected chi connectivity index (χ2v) is 7.36. The maximum atomic E-state index is 11.1. The number of aliphatic hydroxyl groups is 1. The van der Waals surface area contributed by atoms with Gasteiger partial charge in [-0.25, -0.2) is 0 Å². The molecule has 156 valence electrons. The lowest BCUT2D eigenvalue weighted by atomic mass is 9.72. The van der Waals surface area contributed by atoms with E-state index in [1.54, 1.807) is 18.2 Å². The number of aliphatic imine (C=N–C) groups is 1. The van der Waals surface area contributed by atoms with Gasteiger partial charge in [-0.3, -0.25) is 15.1 Å². The predicted octanol–water partition coefficient (Wildman–Crippen LogP) is 2.89. The van der Waals surface area contributed by atoms with Gasteiger partial charge < -0.3 is 21.1 Å². The van der Waals surface area contributed by atoms with E-state index in [2.05, 4.69) is 16.0 Å². The highest BCUT2D eigenvalue weighted by atomic mass is 16.6. The first-order valence-corrected chi connectivity index (χ1v) is 10.2. The van der Waals surface area contributed by atoms with Crippen molar-refractivity contribution in [2.45, 2.75) is 45.4 Å². The maximum Gasteiger partial charge on any atom is 0.292 e. The summed E-state index contributed by atoms with van der Waals surface area (Å²) in [5.41, 5.74) is 0.699. The fraction of sp³-hybridized carbons (Fsp3) is 0.650. The second kappa shape index (κ2) is 11.5. The van der Waals surface area contributed by atoms with E-state index in [1.807, 2.05) is 6.92 Å². The summed E-state index contributed by atoms with van der Waals surface area (Å²) < 4.78 is 0. The first kappa shape index (κ1) is 21.9. The quantitative estimate of drug-likeness (QED) is 0.160. The van der Waals surface area contributed by atoms with Crippen molar-refractivity contribution in [1.82, 2.24) is 10.6 Å². The molecule has 0 heterocycles. The van der Waals surface area contributed by atoms with Gasteiger partial charge in [0.05, 0.1) is 4.92 Å². The number of hydrogen-bond donors (Lipinski definition) is 4. The monoisotopic (exact) mass is 391 g/mol. The number of nitrogens with one attached hydrogen (secondary N) is 3. The molecule has 4 N–H and O–H groups in total. The first-order chi connectivity index (χ1) is 13.6. The Morgan fingerprint density at radius 2 is 1.96 bits per heavy atom. The second-order valence-electron chi connectivity index (χ2n) is 7.36. The van der Waals surface area contributed by atoms with Gasteiger partial charge in [0, 0.05) is 38.9 Å². The van der Waals surface area contributed by atoms with Crippen LogP contribution in [0.1, 0.15) is 45.4 Å². The topological polar surface area (TPSA) is 112 Å². The Morgan fingerprint density at radius 3 is 2.64 bits per heavy atom. The van der Waals surface area contributed by atoms with E-state index in [0.29, 0.717) is 25.3 Å². The minimum Gasteiger partial charge on any atom is -0.396 e. The molecule has 0 amide bonds. The molecule has 1 aliphatic rings. The van der Waals surface area contributed by atoms with Crippen molar-refractivity contribution in [3.8, 4) is 0 Å². The molecule has 0 spiro atoms. The molecule has 1 aliphatic carbocycles. The smallest absolute Gasteiger partial charge is 0.292 e. The van der Waals surface area contributed by atoms with Crippen molar-refractivity contribution in [1.29, 1.82) is 0 Å². The summed E-state index contributed by atoms with van der Waals surface area (Å²) in [6.07, 6.45) is 6.73. The fourth-order valence-electron chi connectivity index (χ4n) is 3.78. The van der Waals surface area contributed by atoms with Crippen LogP contribution in [0.5, 0.6) is 0 Å². The highest BCUT2D eigenvalue weighted by Gasteiger charge is 2.31. The average molecular weight is 392 g/mol. The van der Waals surface area contributed by atoms with Crippen molar-refractivity contribution in [3.05, 3.63) is 34.4 Å². The molecule has 8 heteroatoms. The van der Waals surface area contributed by atoms with Crippen LogP contribution in [0.2, 0.25) is 0 Å². The van der Waals surface area contributed by atoms with Crippen LogP contribution >= 0.6 is 0 Å². The van der Waals surface area contributed by atoms with Crippen LogP contribution in [0.3, 0.4) is 0 Å². The van der Waals surface area contributed by atoms with E-state index in [4.69, 9.17) is 4.99 Å². The molecule has 0 unspecified atom stereocenters. The molecule has 1 aromatic rings. The normalized spacial score (nSPS) is 16.4. The lowest BCUT2D eigenvalue weighted by molar-refractivity contribution is -0.384. The number of rotatable bonds is 10. The molecule has 2 rings (SSSR count). The van der Waals surface area contributed by atoms with E-state index < -0.39 is 0 Å². The molecule has 0 saturated heterocycles. The Hall–Kier alpha value is -2.35. The van der Waals surface area contributed by atoms with Crippen LogP contribution in [-0.4, -0.2) is 48.8 Å². The highest BCUT2D eigenvalue weighted by molar-refractivity contribution is 5.79. The Morgan fingerprint density at radius 1 is 1.21 bits per heavy atom. The molecule has 1 aromatic carbocycles. The first-order valence-electron chi connectivity index (χ1n) is 10.2. The van der Waals surface area contributed by atoms with Crippen LogP contribution in [0.25, 0.3) is 0 Å². The van der Waals surface area contributed by atoms with Crippen molar-refractivity contribution < 1.29 is 10.0 Å². The summed E-state index contributed by atoms with van der Waals surface area (Å²) in [6.45, 7) is 4.82. The summed E-state index contributed by atoms with van der Waals surface area (Å²) in [5.74, 6) is 0.745. The Bertz CT molecular complexity index is 639. The van der Waals surface area contributed by atoms with Crippen molar-refractivity contribution in [2.75, 3.05) is 38.1 Å². The van der Waals surface area contributed by atoms with E-state index in [-0.39, 0.29) is 22.6 Å². The highest BCUT2D eigenvalue weighted by Crippen LogP contribution is 2.39. The van der Waals surface area contributed by atoms with Gasteiger partial charge in [0.2, 0.25) is 0 Å². The van der Waals surface area contributed by atoms with Crippen LogP contribution in [0, 0.1) is 15.5 Å². The summed E-state index contributed by atoms with van der Waals surface area (Å²) >= 11 is 0. The Kier molecular flexibility index (Phi) is 9.00. The average Bonchev–Trinajstić information content (AvgIpc) is 2.70. The molecule has 0 aromatic heterocycles. The van der Waals surface area contributed by atoms with Crippen molar-refractivity contribution in [2.24, 2.45) is 10.4 Å². The van der Waals surface area contributed by atoms with E-state index in [0.717, 1.165) is 31.8 Å². The fourth-order valence-corrected chi connectivity index (χ4v) is 3.78. The molecule has 8 nitrogen and oxygen atoms in total. The number of para-hydroxylation sites is 2. The van der Waals surface area contributed by atoms with E-state index in [1.165, 1.54) is 25.3 Å². The zero-order valence-electron chi connectivity index (χ0n) is 16.7. The zero-order chi connectivity index (χ0) is 20.2. The largest absolute Gasteiger partial charge is 0.396 e. The summed E-state index contributed by atoms with van der Waals surface area (Å²) in [7, 11) is 0. The van der Waals surface area contributed by atoms with Crippen LogP contribution in [-0.2, 0) is 0 Å². The van der Waals surface area contributed by atoms with Crippen LogP contribution < -0.4 is 16.0 Å².